The monoisotopic (exact) mass is 167 g/mol. The van der Waals surface area contributed by atoms with E-state index in [-0.39, 0.29) is 11.7 Å². The van der Waals surface area contributed by atoms with Crippen LogP contribution in [0.2, 0.25) is 0 Å². The normalized spacial score (nSPS) is 26.6. The number of Topliss-reactive ketones (excluding diaryl/α,β-unsaturated/α-hetero) is 1. The molecule has 66 valence electrons. The van der Waals surface area contributed by atoms with E-state index in [2.05, 4.69) is 6.92 Å². The van der Waals surface area contributed by atoms with Gasteiger partial charge in [-0.15, -0.1) is 0 Å². The lowest BCUT2D eigenvalue weighted by atomic mass is 10.1. The van der Waals surface area contributed by atoms with Crippen LogP contribution >= 0.6 is 0 Å². The molecule has 2 fully saturated rings. The maximum absolute atomic E-state index is 11.2. The summed E-state index contributed by atoms with van der Waals surface area (Å²) in [6.45, 7) is 3.61. The van der Waals surface area contributed by atoms with E-state index in [0.717, 1.165) is 6.54 Å². The Hall–Kier alpha value is -0.860. The van der Waals surface area contributed by atoms with Gasteiger partial charge in [0.05, 0.1) is 0 Å². The molecule has 3 nitrogen and oxygen atoms in total. The first kappa shape index (κ1) is 7.77. The molecular weight excluding hydrogens is 154 g/mol. The van der Waals surface area contributed by atoms with Gasteiger partial charge in [-0.3, -0.25) is 9.59 Å². The van der Waals surface area contributed by atoms with Crippen LogP contribution in [0, 0.1) is 5.41 Å². The highest BCUT2D eigenvalue weighted by atomic mass is 16.2. The quantitative estimate of drug-likeness (QED) is 0.564. The van der Waals surface area contributed by atoms with Gasteiger partial charge in [0.15, 0.2) is 0 Å². The van der Waals surface area contributed by atoms with Gasteiger partial charge in [-0.05, 0) is 18.3 Å². The number of amides is 1. The molecule has 0 aromatic heterocycles. The fourth-order valence-corrected chi connectivity index (χ4v) is 1.60. The van der Waals surface area contributed by atoms with Crippen LogP contribution < -0.4 is 0 Å². The van der Waals surface area contributed by atoms with Crippen molar-refractivity contribution in [3.63, 3.8) is 0 Å². The third-order valence-corrected chi connectivity index (χ3v) is 2.81. The minimum atomic E-state index is -0.261. The molecule has 1 aliphatic heterocycles. The maximum atomic E-state index is 11.2. The van der Waals surface area contributed by atoms with Gasteiger partial charge in [0.1, 0.15) is 0 Å². The van der Waals surface area contributed by atoms with E-state index in [1.54, 1.807) is 4.90 Å². The zero-order valence-electron chi connectivity index (χ0n) is 7.30. The Balaban J connectivity index is 1.97. The topological polar surface area (TPSA) is 37.4 Å². The lowest BCUT2D eigenvalue weighted by Gasteiger charge is -2.18. The highest BCUT2D eigenvalue weighted by Gasteiger charge is 2.42. The molecule has 1 aliphatic carbocycles. The zero-order valence-corrected chi connectivity index (χ0v) is 7.30. The first-order chi connectivity index (χ1) is 5.61. The second-order valence-electron chi connectivity index (χ2n) is 4.21. The summed E-state index contributed by atoms with van der Waals surface area (Å²) in [5, 5.41) is 0. The Kier molecular flexibility index (Phi) is 1.50. The first-order valence-electron chi connectivity index (χ1n) is 4.43. The van der Waals surface area contributed by atoms with Crippen molar-refractivity contribution in [2.75, 3.05) is 13.1 Å². The van der Waals surface area contributed by atoms with Crippen molar-refractivity contribution in [2.24, 2.45) is 5.41 Å². The molecular formula is C9H13NO2. The summed E-state index contributed by atoms with van der Waals surface area (Å²) >= 11 is 0. The van der Waals surface area contributed by atoms with Gasteiger partial charge in [-0.1, -0.05) is 6.92 Å². The third-order valence-electron chi connectivity index (χ3n) is 2.81. The van der Waals surface area contributed by atoms with E-state index in [9.17, 15) is 9.59 Å². The van der Waals surface area contributed by atoms with Gasteiger partial charge in [-0.2, -0.15) is 0 Å². The van der Waals surface area contributed by atoms with E-state index >= 15 is 0 Å². The predicted molar refractivity (Wildman–Crippen MR) is 43.5 cm³/mol. The number of hydrogen-bond donors (Lipinski definition) is 0. The Bertz CT molecular complexity index is 243. The van der Waals surface area contributed by atoms with E-state index in [4.69, 9.17) is 0 Å². The summed E-state index contributed by atoms with van der Waals surface area (Å²) in [6.07, 6.45) is 2.82. The molecule has 3 heteroatoms. The molecule has 1 saturated carbocycles. The van der Waals surface area contributed by atoms with Gasteiger partial charge in [0.2, 0.25) is 5.78 Å². The molecule has 0 aromatic rings. The molecule has 1 heterocycles. The molecule has 0 unspecified atom stereocenters. The molecule has 0 N–H and O–H groups in total. The summed E-state index contributed by atoms with van der Waals surface area (Å²) < 4.78 is 0. The molecule has 12 heavy (non-hydrogen) atoms. The van der Waals surface area contributed by atoms with Gasteiger partial charge in [-0.25, -0.2) is 0 Å². The molecule has 0 spiro atoms. The molecule has 0 aromatic carbocycles. The first-order valence-corrected chi connectivity index (χ1v) is 4.43. The van der Waals surface area contributed by atoms with E-state index in [1.807, 2.05) is 0 Å². The van der Waals surface area contributed by atoms with Crippen LogP contribution in [-0.2, 0) is 9.59 Å². The summed E-state index contributed by atoms with van der Waals surface area (Å²) in [7, 11) is 0. The number of rotatable bonds is 2. The van der Waals surface area contributed by atoms with Crippen molar-refractivity contribution < 1.29 is 9.59 Å². The van der Waals surface area contributed by atoms with Gasteiger partial charge in [0.25, 0.3) is 5.91 Å². The molecule has 2 aliphatic rings. The average Bonchev–Trinajstić information content (AvgIpc) is 2.68. The van der Waals surface area contributed by atoms with E-state index in [1.165, 1.54) is 12.8 Å². The molecule has 1 saturated heterocycles. The largest absolute Gasteiger partial charge is 0.335 e. The highest BCUT2D eigenvalue weighted by Crippen LogP contribution is 2.45. The lowest BCUT2D eigenvalue weighted by molar-refractivity contribution is -0.140. The number of ketones is 1. The van der Waals surface area contributed by atoms with Gasteiger partial charge < -0.3 is 4.90 Å². The average molecular weight is 167 g/mol. The fraction of sp³-hybridized carbons (Fsp3) is 0.778. The lowest BCUT2D eigenvalue weighted by Crippen LogP contribution is -2.32. The van der Waals surface area contributed by atoms with Gasteiger partial charge in [0, 0.05) is 19.5 Å². The van der Waals surface area contributed by atoms with Crippen LogP contribution in [0.4, 0.5) is 0 Å². The Morgan fingerprint density at radius 3 is 2.50 bits per heavy atom. The number of likely N-dealkylation sites (tertiary alicyclic amines) is 1. The van der Waals surface area contributed by atoms with Crippen LogP contribution in [-0.4, -0.2) is 29.7 Å². The molecule has 0 bridgehead atoms. The number of carbonyl (C=O) groups excluding carboxylic acids is 2. The van der Waals surface area contributed by atoms with Crippen molar-refractivity contribution >= 4 is 11.7 Å². The van der Waals surface area contributed by atoms with Crippen LogP contribution in [0.3, 0.4) is 0 Å². The van der Waals surface area contributed by atoms with Crippen molar-refractivity contribution in [3.05, 3.63) is 0 Å². The van der Waals surface area contributed by atoms with Crippen LogP contribution in [0.25, 0.3) is 0 Å². The minimum absolute atomic E-state index is 0.209. The Labute approximate surface area is 71.7 Å². The number of carbonyl (C=O) groups is 2. The van der Waals surface area contributed by atoms with Crippen molar-refractivity contribution in [2.45, 2.75) is 26.2 Å². The predicted octanol–water partition coefficient (Wildman–Crippen LogP) is 0.588. The SMILES string of the molecule is CC1(CN2CCC(=O)C2=O)CC1. The molecule has 0 atom stereocenters. The Morgan fingerprint density at radius 2 is 2.08 bits per heavy atom. The Morgan fingerprint density at radius 1 is 1.42 bits per heavy atom. The second kappa shape index (κ2) is 2.31. The number of hydrogen-bond acceptors (Lipinski definition) is 2. The summed E-state index contributed by atoms with van der Waals surface area (Å²) in [5.74, 6) is -0.470. The van der Waals surface area contributed by atoms with Crippen LogP contribution in [0.1, 0.15) is 26.2 Å². The molecule has 0 radical (unpaired) electrons. The van der Waals surface area contributed by atoms with Crippen molar-refractivity contribution in [1.29, 1.82) is 0 Å². The highest BCUT2D eigenvalue weighted by molar-refractivity contribution is 6.37. The molecule has 2 rings (SSSR count). The second-order valence-corrected chi connectivity index (χ2v) is 4.21. The smallest absolute Gasteiger partial charge is 0.290 e. The van der Waals surface area contributed by atoms with Crippen molar-refractivity contribution in [1.82, 2.24) is 4.90 Å². The number of nitrogens with zero attached hydrogens (tertiary/aromatic N) is 1. The summed E-state index contributed by atoms with van der Waals surface area (Å²) in [4.78, 5) is 23.8. The van der Waals surface area contributed by atoms with Crippen LogP contribution in [0.5, 0.6) is 0 Å². The molecule has 1 amide bonds. The minimum Gasteiger partial charge on any atom is -0.335 e. The van der Waals surface area contributed by atoms with E-state index in [0.29, 0.717) is 18.4 Å². The van der Waals surface area contributed by atoms with Gasteiger partial charge >= 0.3 is 0 Å². The summed E-state index contributed by atoms with van der Waals surface area (Å²) in [6, 6.07) is 0. The van der Waals surface area contributed by atoms with Crippen molar-refractivity contribution in [3.8, 4) is 0 Å². The standard InChI is InChI=1S/C9H13NO2/c1-9(3-4-9)6-10-5-2-7(11)8(10)12/h2-6H2,1H3. The van der Waals surface area contributed by atoms with E-state index < -0.39 is 0 Å². The maximum Gasteiger partial charge on any atom is 0.290 e. The third kappa shape index (κ3) is 1.24. The fourth-order valence-electron chi connectivity index (χ4n) is 1.60. The summed E-state index contributed by atoms with van der Waals surface area (Å²) in [5.41, 5.74) is 0.334. The zero-order chi connectivity index (χ0) is 8.77. The van der Waals surface area contributed by atoms with Crippen LogP contribution in [0.15, 0.2) is 0 Å².